The highest BCUT2D eigenvalue weighted by atomic mass is 35.5. The van der Waals surface area contributed by atoms with Crippen molar-refractivity contribution < 1.29 is 14.3 Å². The molecular weight excluding hydrogens is 334 g/mol. The summed E-state index contributed by atoms with van der Waals surface area (Å²) in [7, 11) is 0. The van der Waals surface area contributed by atoms with Crippen LogP contribution < -0.4 is 5.32 Å². The number of ether oxygens (including phenoxy) is 1. The molecule has 1 N–H and O–H groups in total. The minimum Gasteiger partial charge on any atom is -0.449 e. The molecule has 2 rings (SSSR count). The minimum atomic E-state index is -0.931. The second kappa shape index (κ2) is 8.04. The molecule has 0 bridgehead atoms. The maximum atomic E-state index is 12.1. The van der Waals surface area contributed by atoms with Crippen LogP contribution in [0.2, 0.25) is 5.02 Å². The zero-order chi connectivity index (χ0) is 16.8. The maximum absolute atomic E-state index is 12.1. The van der Waals surface area contributed by atoms with E-state index in [0.717, 1.165) is 4.90 Å². The molecule has 23 heavy (non-hydrogen) atoms. The lowest BCUT2D eigenvalue weighted by Crippen LogP contribution is -2.30. The zero-order valence-electron chi connectivity index (χ0n) is 12.7. The van der Waals surface area contributed by atoms with E-state index in [2.05, 4.69) is 5.32 Å². The predicted molar refractivity (Wildman–Crippen MR) is 93.2 cm³/mol. The Hall–Kier alpha value is -1.98. The average molecular weight is 350 g/mol. The standard InChI is InChI=1S/C17H16ClNO3S/c1-11(16(20)19-15-6-4-3-5-14(15)18)22-17(21)12-7-9-13(23-2)10-8-12/h3-11H,1-2H3,(H,19,20)/t11-/m0/s1. The van der Waals surface area contributed by atoms with E-state index < -0.39 is 18.0 Å². The monoisotopic (exact) mass is 349 g/mol. The smallest absolute Gasteiger partial charge is 0.338 e. The van der Waals surface area contributed by atoms with Gasteiger partial charge < -0.3 is 10.1 Å². The second-order valence-electron chi connectivity index (χ2n) is 4.75. The number of nitrogens with one attached hydrogen (secondary N) is 1. The molecule has 2 aromatic rings. The molecule has 1 amide bonds. The molecule has 0 heterocycles. The maximum Gasteiger partial charge on any atom is 0.338 e. The quantitative estimate of drug-likeness (QED) is 0.647. The lowest BCUT2D eigenvalue weighted by molar-refractivity contribution is -0.123. The lowest BCUT2D eigenvalue weighted by atomic mass is 10.2. The molecule has 0 unspecified atom stereocenters. The van der Waals surface area contributed by atoms with E-state index in [0.29, 0.717) is 16.3 Å². The third kappa shape index (κ3) is 4.74. The Labute approximate surface area is 144 Å². The summed E-state index contributed by atoms with van der Waals surface area (Å²) in [5.74, 6) is -0.980. The highest BCUT2D eigenvalue weighted by Gasteiger charge is 2.19. The Bertz CT molecular complexity index is 703. The van der Waals surface area contributed by atoms with Gasteiger partial charge in [0.05, 0.1) is 16.3 Å². The van der Waals surface area contributed by atoms with E-state index in [9.17, 15) is 9.59 Å². The minimum absolute atomic E-state index is 0.403. The number of esters is 1. The van der Waals surface area contributed by atoms with Gasteiger partial charge in [0.15, 0.2) is 6.10 Å². The molecule has 0 saturated carbocycles. The van der Waals surface area contributed by atoms with Crippen molar-refractivity contribution in [3.8, 4) is 0 Å². The van der Waals surface area contributed by atoms with E-state index in [-0.39, 0.29) is 0 Å². The molecule has 0 aliphatic rings. The van der Waals surface area contributed by atoms with Gasteiger partial charge in [-0.2, -0.15) is 0 Å². The molecule has 0 radical (unpaired) electrons. The van der Waals surface area contributed by atoms with Crippen molar-refractivity contribution in [1.29, 1.82) is 0 Å². The number of halogens is 1. The van der Waals surface area contributed by atoms with Crippen LogP contribution in [0.4, 0.5) is 5.69 Å². The summed E-state index contributed by atoms with van der Waals surface area (Å²) >= 11 is 7.56. The summed E-state index contributed by atoms with van der Waals surface area (Å²) in [5, 5.41) is 3.06. The lowest BCUT2D eigenvalue weighted by Gasteiger charge is -2.14. The van der Waals surface area contributed by atoms with Gasteiger partial charge in [0.2, 0.25) is 0 Å². The summed E-state index contributed by atoms with van der Waals surface area (Å²) in [6.07, 6.45) is 1.02. The average Bonchev–Trinajstić information content (AvgIpc) is 2.56. The van der Waals surface area contributed by atoms with Gasteiger partial charge in [-0.15, -0.1) is 11.8 Å². The summed E-state index contributed by atoms with van der Waals surface area (Å²) in [4.78, 5) is 25.2. The van der Waals surface area contributed by atoms with Crippen molar-refractivity contribution in [1.82, 2.24) is 0 Å². The van der Waals surface area contributed by atoms with Crippen LogP contribution in [0.15, 0.2) is 53.4 Å². The first kappa shape index (κ1) is 17.4. The van der Waals surface area contributed by atoms with Crippen LogP contribution in [0.5, 0.6) is 0 Å². The van der Waals surface area contributed by atoms with Crippen molar-refractivity contribution in [2.75, 3.05) is 11.6 Å². The van der Waals surface area contributed by atoms with Crippen LogP contribution in [-0.4, -0.2) is 24.2 Å². The first-order chi connectivity index (χ1) is 11.0. The van der Waals surface area contributed by atoms with E-state index in [1.807, 2.05) is 18.4 Å². The van der Waals surface area contributed by atoms with E-state index in [1.54, 1.807) is 48.2 Å². The highest BCUT2D eigenvalue weighted by molar-refractivity contribution is 7.98. The number of hydrogen-bond acceptors (Lipinski definition) is 4. The van der Waals surface area contributed by atoms with Crippen molar-refractivity contribution in [2.45, 2.75) is 17.9 Å². The number of para-hydroxylation sites is 1. The molecule has 0 aliphatic heterocycles. The Morgan fingerprint density at radius 3 is 2.39 bits per heavy atom. The third-order valence-corrected chi connectivity index (χ3v) is 4.18. The fourth-order valence-corrected chi connectivity index (χ4v) is 2.40. The zero-order valence-corrected chi connectivity index (χ0v) is 14.3. The van der Waals surface area contributed by atoms with Crippen molar-refractivity contribution in [3.05, 3.63) is 59.1 Å². The number of carbonyl (C=O) groups excluding carboxylic acids is 2. The topological polar surface area (TPSA) is 55.4 Å². The van der Waals surface area contributed by atoms with Crippen LogP contribution in [0.25, 0.3) is 0 Å². The molecule has 6 heteroatoms. The second-order valence-corrected chi connectivity index (χ2v) is 6.03. The van der Waals surface area contributed by atoms with E-state index in [1.165, 1.54) is 6.92 Å². The van der Waals surface area contributed by atoms with Crippen LogP contribution in [0.1, 0.15) is 17.3 Å². The van der Waals surface area contributed by atoms with Gasteiger partial charge in [-0.25, -0.2) is 4.79 Å². The SMILES string of the molecule is CSc1ccc(C(=O)O[C@@H](C)C(=O)Nc2ccccc2Cl)cc1. The van der Waals surface area contributed by atoms with Crippen LogP contribution in [0, 0.1) is 0 Å². The van der Waals surface area contributed by atoms with Gasteiger partial charge in [-0.3, -0.25) is 4.79 Å². The summed E-state index contributed by atoms with van der Waals surface area (Å²) in [6, 6.07) is 13.9. The molecule has 2 aromatic carbocycles. The van der Waals surface area contributed by atoms with Gasteiger partial charge in [0, 0.05) is 4.90 Å². The summed E-state index contributed by atoms with van der Waals surface area (Å²) in [5.41, 5.74) is 0.881. The van der Waals surface area contributed by atoms with Gasteiger partial charge in [-0.1, -0.05) is 23.7 Å². The van der Waals surface area contributed by atoms with Gasteiger partial charge in [0.25, 0.3) is 5.91 Å². The third-order valence-electron chi connectivity index (χ3n) is 3.11. The highest BCUT2D eigenvalue weighted by Crippen LogP contribution is 2.21. The first-order valence-electron chi connectivity index (χ1n) is 6.91. The molecule has 0 saturated heterocycles. The molecule has 0 aromatic heterocycles. The normalized spacial score (nSPS) is 11.6. The van der Waals surface area contributed by atoms with Gasteiger partial charge >= 0.3 is 5.97 Å². The van der Waals surface area contributed by atoms with Crippen molar-refractivity contribution in [3.63, 3.8) is 0 Å². The number of hydrogen-bond donors (Lipinski definition) is 1. The van der Waals surface area contributed by atoms with E-state index >= 15 is 0 Å². The number of amides is 1. The first-order valence-corrected chi connectivity index (χ1v) is 8.52. The number of rotatable bonds is 5. The van der Waals surface area contributed by atoms with E-state index in [4.69, 9.17) is 16.3 Å². The molecule has 0 fully saturated rings. The van der Waals surface area contributed by atoms with Crippen LogP contribution >= 0.6 is 23.4 Å². The van der Waals surface area contributed by atoms with Crippen LogP contribution in [-0.2, 0) is 9.53 Å². The number of anilines is 1. The number of benzene rings is 2. The molecule has 4 nitrogen and oxygen atoms in total. The Morgan fingerprint density at radius 2 is 1.78 bits per heavy atom. The Kier molecular flexibility index (Phi) is 6.07. The molecule has 0 aliphatic carbocycles. The van der Waals surface area contributed by atoms with Gasteiger partial charge in [-0.05, 0) is 49.6 Å². The fourth-order valence-electron chi connectivity index (χ4n) is 1.81. The number of thioether (sulfide) groups is 1. The summed E-state index contributed by atoms with van der Waals surface area (Å²) in [6.45, 7) is 1.51. The molecule has 120 valence electrons. The number of carbonyl (C=O) groups is 2. The Balaban J connectivity index is 1.97. The van der Waals surface area contributed by atoms with Crippen molar-refractivity contribution >= 4 is 40.9 Å². The largest absolute Gasteiger partial charge is 0.449 e. The van der Waals surface area contributed by atoms with Gasteiger partial charge in [0.1, 0.15) is 0 Å². The Morgan fingerprint density at radius 1 is 1.13 bits per heavy atom. The summed E-state index contributed by atoms with van der Waals surface area (Å²) < 4.78 is 5.18. The fraction of sp³-hybridized carbons (Fsp3) is 0.176. The predicted octanol–water partition coefficient (Wildman–Crippen LogP) is 4.25. The van der Waals surface area contributed by atoms with Crippen molar-refractivity contribution in [2.24, 2.45) is 0 Å². The molecule has 0 spiro atoms. The molecular formula is C17H16ClNO3S. The molecule has 1 atom stereocenters. The van der Waals surface area contributed by atoms with Crippen LogP contribution in [0.3, 0.4) is 0 Å².